The Labute approximate surface area is 206 Å². The minimum atomic E-state index is -1.25. The van der Waals surface area contributed by atoms with Gasteiger partial charge in [-0.2, -0.15) is 0 Å². The molecule has 2 aromatic rings. The summed E-state index contributed by atoms with van der Waals surface area (Å²) in [6.45, 7) is 3.98. The highest BCUT2D eigenvalue weighted by atomic mass is 16.5. The Balaban J connectivity index is 1.46. The van der Waals surface area contributed by atoms with Crippen LogP contribution in [0.15, 0.2) is 48.5 Å². The Kier molecular flexibility index (Phi) is 7.43. The molecule has 0 spiro atoms. The second-order valence-electron chi connectivity index (χ2n) is 9.69. The lowest BCUT2D eigenvalue weighted by molar-refractivity contribution is -0.153. The van der Waals surface area contributed by atoms with Gasteiger partial charge in [-0.25, -0.2) is 9.59 Å². The van der Waals surface area contributed by atoms with Crippen molar-refractivity contribution in [3.05, 3.63) is 59.7 Å². The summed E-state index contributed by atoms with van der Waals surface area (Å²) in [6, 6.07) is 15.3. The summed E-state index contributed by atoms with van der Waals surface area (Å²) in [6.07, 6.45) is 3.51. The lowest BCUT2D eigenvalue weighted by atomic mass is 9.93. The smallest absolute Gasteiger partial charge is 0.408 e. The first-order chi connectivity index (χ1) is 16.9. The fourth-order valence-electron chi connectivity index (χ4n) is 5.25. The quantitative estimate of drug-likeness (QED) is 0.613. The number of alkyl carbamates (subject to hydrolysis) is 1. The van der Waals surface area contributed by atoms with Gasteiger partial charge in [-0.1, -0.05) is 74.7 Å². The maximum absolute atomic E-state index is 13.5. The van der Waals surface area contributed by atoms with Crippen LogP contribution in [0.3, 0.4) is 0 Å². The van der Waals surface area contributed by atoms with Gasteiger partial charge in [0, 0.05) is 12.5 Å². The normalized spacial score (nSPS) is 19.5. The van der Waals surface area contributed by atoms with E-state index in [4.69, 9.17) is 4.74 Å². The van der Waals surface area contributed by atoms with Crippen LogP contribution in [-0.2, 0) is 14.3 Å². The molecule has 2 atom stereocenters. The predicted molar refractivity (Wildman–Crippen MR) is 133 cm³/mol. The van der Waals surface area contributed by atoms with Crippen molar-refractivity contribution in [1.82, 2.24) is 10.2 Å². The third-order valence-electron chi connectivity index (χ3n) is 7.45. The molecule has 1 aliphatic heterocycles. The van der Waals surface area contributed by atoms with Crippen molar-refractivity contribution in [2.75, 3.05) is 13.2 Å². The molecule has 7 heteroatoms. The largest absolute Gasteiger partial charge is 0.480 e. The minimum Gasteiger partial charge on any atom is -0.480 e. The number of carbonyl (C=O) groups excluding carboxylic acids is 2. The van der Waals surface area contributed by atoms with E-state index in [-0.39, 0.29) is 18.4 Å². The van der Waals surface area contributed by atoms with E-state index in [2.05, 4.69) is 29.6 Å². The summed E-state index contributed by atoms with van der Waals surface area (Å²) in [4.78, 5) is 39.8. The van der Waals surface area contributed by atoms with Gasteiger partial charge in [-0.3, -0.25) is 4.79 Å². The number of nitrogens with one attached hydrogen (secondary N) is 1. The van der Waals surface area contributed by atoms with Crippen LogP contribution >= 0.6 is 0 Å². The summed E-state index contributed by atoms with van der Waals surface area (Å²) in [5.41, 5.74) is 3.25. The molecule has 2 N–H and O–H groups in total. The monoisotopic (exact) mass is 478 g/mol. The second-order valence-corrected chi connectivity index (χ2v) is 9.69. The fourth-order valence-corrected chi connectivity index (χ4v) is 5.25. The Morgan fingerprint density at radius 2 is 1.60 bits per heavy atom. The second kappa shape index (κ2) is 10.5. The van der Waals surface area contributed by atoms with Crippen LogP contribution in [0.1, 0.15) is 69.4 Å². The third-order valence-corrected chi connectivity index (χ3v) is 7.45. The molecule has 186 valence electrons. The van der Waals surface area contributed by atoms with E-state index < -0.39 is 23.6 Å². The molecule has 1 fully saturated rings. The van der Waals surface area contributed by atoms with Crippen molar-refractivity contribution < 1.29 is 24.2 Å². The molecule has 0 bridgehead atoms. The van der Waals surface area contributed by atoms with E-state index in [0.717, 1.165) is 47.9 Å². The molecule has 1 saturated heterocycles. The van der Waals surface area contributed by atoms with E-state index >= 15 is 0 Å². The molecule has 0 aromatic heterocycles. The summed E-state index contributed by atoms with van der Waals surface area (Å²) in [5, 5.41) is 12.5. The Bertz CT molecular complexity index is 1050. The number of hydrogen-bond acceptors (Lipinski definition) is 4. The van der Waals surface area contributed by atoms with Gasteiger partial charge in [0.1, 0.15) is 18.2 Å². The molecule has 1 aliphatic carbocycles. The number of carboxylic acid groups (broad SMARTS) is 1. The average molecular weight is 479 g/mol. The zero-order valence-electron chi connectivity index (χ0n) is 20.5. The zero-order valence-corrected chi connectivity index (χ0v) is 20.5. The topological polar surface area (TPSA) is 95.9 Å². The molecule has 7 nitrogen and oxygen atoms in total. The van der Waals surface area contributed by atoms with Gasteiger partial charge in [-0.05, 0) is 48.4 Å². The van der Waals surface area contributed by atoms with Gasteiger partial charge in [-0.15, -0.1) is 0 Å². The lowest BCUT2D eigenvalue weighted by Gasteiger charge is -2.38. The lowest BCUT2D eigenvalue weighted by Crippen LogP contribution is -2.61. The summed E-state index contributed by atoms with van der Waals surface area (Å²) in [5.74, 6) is -1.45. The van der Waals surface area contributed by atoms with Crippen molar-refractivity contribution in [2.45, 2.75) is 69.9 Å². The molecule has 0 radical (unpaired) electrons. The third kappa shape index (κ3) is 5.04. The standard InChI is InChI=1S/C28H34N2O5/c1-3-28(2,26(33)30-17-11-5-4-6-16-24(30)25(31)32)29-27(34)35-18-23-21-14-9-7-12-19(21)20-13-8-10-15-22(20)23/h7-10,12-15,23-24H,3-6,11,16-18H2,1-2H3,(H,29,34)(H,31,32). The van der Waals surface area contributed by atoms with Crippen LogP contribution in [0.5, 0.6) is 0 Å². The molecule has 2 aromatic carbocycles. The number of ether oxygens (including phenoxy) is 1. The van der Waals surface area contributed by atoms with Gasteiger partial charge in [0.15, 0.2) is 0 Å². The molecule has 0 saturated carbocycles. The van der Waals surface area contributed by atoms with Gasteiger partial charge in [0.2, 0.25) is 5.91 Å². The fraction of sp³-hybridized carbons (Fsp3) is 0.464. The number of amides is 2. The van der Waals surface area contributed by atoms with Crippen LogP contribution in [0, 0.1) is 0 Å². The molecule has 35 heavy (non-hydrogen) atoms. The first-order valence-corrected chi connectivity index (χ1v) is 12.5. The Hall–Kier alpha value is -3.35. The van der Waals surface area contributed by atoms with Crippen molar-refractivity contribution in [3.63, 3.8) is 0 Å². The van der Waals surface area contributed by atoms with Crippen LogP contribution < -0.4 is 5.32 Å². The summed E-state index contributed by atoms with van der Waals surface area (Å²) in [7, 11) is 0. The van der Waals surface area contributed by atoms with Crippen molar-refractivity contribution in [1.29, 1.82) is 0 Å². The first-order valence-electron chi connectivity index (χ1n) is 12.5. The molecular weight excluding hydrogens is 444 g/mol. The number of hydrogen-bond donors (Lipinski definition) is 2. The van der Waals surface area contributed by atoms with E-state index in [1.807, 2.05) is 31.2 Å². The number of benzene rings is 2. The molecule has 2 unspecified atom stereocenters. The van der Waals surface area contributed by atoms with Gasteiger partial charge in [0.05, 0.1) is 0 Å². The first kappa shape index (κ1) is 24.8. The predicted octanol–water partition coefficient (Wildman–Crippen LogP) is 4.94. The highest BCUT2D eigenvalue weighted by Crippen LogP contribution is 2.44. The van der Waals surface area contributed by atoms with E-state index in [1.54, 1.807) is 6.92 Å². The van der Waals surface area contributed by atoms with Crippen molar-refractivity contribution in [3.8, 4) is 11.1 Å². The molecule has 2 aliphatic rings. The molecule has 4 rings (SSSR count). The average Bonchev–Trinajstić information content (AvgIpc) is 3.15. The van der Waals surface area contributed by atoms with Gasteiger partial charge < -0.3 is 20.1 Å². The van der Waals surface area contributed by atoms with Crippen LogP contribution in [0.4, 0.5) is 4.79 Å². The number of carboxylic acids is 1. The minimum absolute atomic E-state index is 0.0810. The van der Waals surface area contributed by atoms with E-state index in [9.17, 15) is 19.5 Å². The zero-order chi connectivity index (χ0) is 25.0. The highest BCUT2D eigenvalue weighted by Gasteiger charge is 2.41. The summed E-state index contributed by atoms with van der Waals surface area (Å²) >= 11 is 0. The number of aliphatic carboxylic acids is 1. The van der Waals surface area contributed by atoms with Crippen molar-refractivity contribution in [2.24, 2.45) is 0 Å². The van der Waals surface area contributed by atoms with Gasteiger partial charge >= 0.3 is 12.1 Å². The van der Waals surface area contributed by atoms with Crippen LogP contribution in [0.2, 0.25) is 0 Å². The Morgan fingerprint density at radius 3 is 2.20 bits per heavy atom. The molecule has 2 amide bonds. The van der Waals surface area contributed by atoms with Crippen LogP contribution in [-0.4, -0.2) is 52.7 Å². The number of rotatable bonds is 6. The Morgan fingerprint density at radius 1 is 1.00 bits per heavy atom. The molecular formula is C28H34N2O5. The number of carbonyl (C=O) groups is 3. The molecule has 1 heterocycles. The maximum atomic E-state index is 13.5. The van der Waals surface area contributed by atoms with E-state index in [0.29, 0.717) is 19.4 Å². The number of likely N-dealkylation sites (tertiary alicyclic amines) is 1. The van der Waals surface area contributed by atoms with E-state index in [1.165, 1.54) is 4.90 Å². The number of fused-ring (bicyclic) bond motifs is 3. The maximum Gasteiger partial charge on any atom is 0.408 e. The highest BCUT2D eigenvalue weighted by molar-refractivity contribution is 5.92. The van der Waals surface area contributed by atoms with Gasteiger partial charge in [0.25, 0.3) is 0 Å². The summed E-state index contributed by atoms with van der Waals surface area (Å²) < 4.78 is 5.66. The van der Waals surface area contributed by atoms with Crippen molar-refractivity contribution >= 4 is 18.0 Å². The number of nitrogens with zero attached hydrogens (tertiary/aromatic N) is 1. The van der Waals surface area contributed by atoms with Crippen LogP contribution in [0.25, 0.3) is 11.1 Å². The SMILES string of the molecule is CCC(C)(NC(=O)OCC1c2ccccc2-c2ccccc21)C(=O)N1CCCCCCC1C(=O)O.